The highest BCUT2D eigenvalue weighted by Crippen LogP contribution is 2.44. The number of aromatic nitrogens is 1. The van der Waals surface area contributed by atoms with Gasteiger partial charge in [0, 0.05) is 25.9 Å². The van der Waals surface area contributed by atoms with Crippen LogP contribution in [0, 0.1) is 12.8 Å². The van der Waals surface area contributed by atoms with Gasteiger partial charge in [-0.3, -0.25) is 4.79 Å². The number of hydrogen-bond acceptors (Lipinski definition) is 6. The number of hydrogen-bond donors (Lipinski definition) is 2. The van der Waals surface area contributed by atoms with Crippen LogP contribution < -0.4 is 10.2 Å². The number of anilines is 1. The van der Waals surface area contributed by atoms with Crippen molar-refractivity contribution in [3.8, 4) is 11.1 Å². The summed E-state index contributed by atoms with van der Waals surface area (Å²) < 4.78 is 9.59. The van der Waals surface area contributed by atoms with Crippen molar-refractivity contribution in [1.82, 2.24) is 9.69 Å². The molecular weight excluding hydrogens is 466 g/mol. The monoisotopic (exact) mass is 493 g/mol. The van der Waals surface area contributed by atoms with Crippen LogP contribution in [0.15, 0.2) is 48.5 Å². The predicted molar refractivity (Wildman–Crippen MR) is 134 cm³/mol. The van der Waals surface area contributed by atoms with Crippen LogP contribution in [0.3, 0.4) is 0 Å². The molecule has 0 saturated heterocycles. The zero-order chi connectivity index (χ0) is 25.1. The number of nitrogens with zero attached hydrogens (tertiary/aromatic N) is 2. The normalized spacial score (nSPS) is 13.0. The maximum Gasteiger partial charge on any atom is 0.407 e. The highest BCUT2D eigenvalue weighted by atomic mass is 32.1. The van der Waals surface area contributed by atoms with Crippen LogP contribution in [0.4, 0.5) is 9.80 Å². The molecule has 2 N–H and O–H groups in total. The van der Waals surface area contributed by atoms with Crippen molar-refractivity contribution in [2.24, 2.45) is 5.92 Å². The van der Waals surface area contributed by atoms with Gasteiger partial charge in [0.2, 0.25) is 5.91 Å². The zero-order valence-electron chi connectivity index (χ0n) is 19.8. The van der Waals surface area contributed by atoms with Gasteiger partial charge in [-0.1, -0.05) is 55.5 Å². The molecule has 0 fully saturated rings. The SMILES string of the molecule is Cc1nsc(N(C)C(=O)CC(C)CNC(=O)OCC2c3ccccc3-c3ccccc32)c1C(=O)O. The molecule has 0 spiro atoms. The third-order valence-corrected chi connectivity index (χ3v) is 7.22. The number of carbonyl (C=O) groups is 3. The molecule has 35 heavy (non-hydrogen) atoms. The summed E-state index contributed by atoms with van der Waals surface area (Å²) in [7, 11) is 1.54. The Hall–Kier alpha value is -3.72. The molecule has 0 radical (unpaired) electrons. The van der Waals surface area contributed by atoms with E-state index in [1.807, 2.05) is 31.2 Å². The second kappa shape index (κ2) is 10.3. The largest absolute Gasteiger partial charge is 0.478 e. The average molecular weight is 494 g/mol. The molecule has 1 aliphatic carbocycles. The number of amides is 2. The van der Waals surface area contributed by atoms with Crippen molar-refractivity contribution >= 4 is 34.5 Å². The minimum atomic E-state index is -1.11. The number of benzene rings is 2. The Balaban J connectivity index is 1.29. The molecule has 9 heteroatoms. The van der Waals surface area contributed by atoms with Crippen molar-refractivity contribution in [2.45, 2.75) is 26.2 Å². The van der Waals surface area contributed by atoms with Crippen LogP contribution in [0.2, 0.25) is 0 Å². The summed E-state index contributed by atoms with van der Waals surface area (Å²) in [4.78, 5) is 37.9. The van der Waals surface area contributed by atoms with Gasteiger partial charge >= 0.3 is 12.1 Å². The first-order chi connectivity index (χ1) is 16.8. The molecule has 0 aliphatic heterocycles. The second-order valence-electron chi connectivity index (χ2n) is 8.72. The first-order valence-corrected chi connectivity index (χ1v) is 12.1. The van der Waals surface area contributed by atoms with Gasteiger partial charge in [0.25, 0.3) is 0 Å². The Labute approximate surface area is 207 Å². The third-order valence-electron chi connectivity index (χ3n) is 6.20. The van der Waals surface area contributed by atoms with E-state index in [2.05, 4.69) is 34.0 Å². The Morgan fingerprint density at radius 2 is 1.71 bits per heavy atom. The Morgan fingerprint density at radius 1 is 1.11 bits per heavy atom. The van der Waals surface area contributed by atoms with Gasteiger partial charge in [-0.05, 0) is 46.6 Å². The molecule has 4 rings (SSSR count). The van der Waals surface area contributed by atoms with Crippen LogP contribution in [-0.4, -0.2) is 47.6 Å². The van der Waals surface area contributed by atoms with E-state index >= 15 is 0 Å². The summed E-state index contributed by atoms with van der Waals surface area (Å²) >= 11 is 0.980. The molecule has 3 aromatic rings. The van der Waals surface area contributed by atoms with Gasteiger partial charge in [0.05, 0.1) is 5.69 Å². The number of aryl methyl sites for hydroxylation is 1. The molecule has 1 aliphatic rings. The second-order valence-corrected chi connectivity index (χ2v) is 9.47. The topological polar surface area (TPSA) is 109 Å². The molecule has 0 bridgehead atoms. The number of alkyl carbamates (subject to hydrolysis) is 1. The van der Waals surface area contributed by atoms with E-state index in [9.17, 15) is 19.5 Å². The summed E-state index contributed by atoms with van der Waals surface area (Å²) in [6.07, 6.45) is -0.401. The lowest BCUT2D eigenvalue weighted by atomic mass is 9.98. The van der Waals surface area contributed by atoms with Crippen LogP contribution in [0.1, 0.15) is 46.4 Å². The molecule has 182 valence electrons. The highest BCUT2D eigenvalue weighted by molar-refractivity contribution is 7.11. The number of aromatic carboxylic acids is 1. The van der Waals surface area contributed by atoms with E-state index in [1.54, 1.807) is 6.92 Å². The van der Waals surface area contributed by atoms with Gasteiger partial charge in [-0.15, -0.1) is 0 Å². The highest BCUT2D eigenvalue weighted by Gasteiger charge is 2.29. The van der Waals surface area contributed by atoms with E-state index in [4.69, 9.17) is 4.74 Å². The maximum absolute atomic E-state index is 12.7. The molecule has 2 amide bonds. The summed E-state index contributed by atoms with van der Waals surface area (Å²) in [5, 5.41) is 12.4. The number of ether oxygens (including phenoxy) is 1. The lowest BCUT2D eigenvalue weighted by Crippen LogP contribution is -2.34. The zero-order valence-corrected chi connectivity index (χ0v) is 20.6. The Kier molecular flexibility index (Phi) is 7.16. The van der Waals surface area contributed by atoms with Crippen molar-refractivity contribution < 1.29 is 24.2 Å². The lowest BCUT2D eigenvalue weighted by molar-refractivity contribution is -0.119. The Bertz CT molecular complexity index is 1230. The van der Waals surface area contributed by atoms with Crippen LogP contribution >= 0.6 is 11.5 Å². The predicted octanol–water partition coefficient (Wildman–Crippen LogP) is 4.68. The van der Waals surface area contributed by atoms with Crippen LogP contribution in [-0.2, 0) is 9.53 Å². The summed E-state index contributed by atoms with van der Waals surface area (Å²) in [5.41, 5.74) is 5.02. The molecule has 8 nitrogen and oxygen atoms in total. The number of carbonyl (C=O) groups excluding carboxylic acids is 2. The number of nitrogens with one attached hydrogen (secondary N) is 1. The summed E-state index contributed by atoms with van der Waals surface area (Å²) in [6, 6.07) is 16.3. The van der Waals surface area contributed by atoms with Gasteiger partial charge in [-0.2, -0.15) is 4.37 Å². The standard InChI is InChI=1S/C26H27N3O5S/c1-15(12-22(30)29(3)24-23(25(31)32)16(2)28-35-24)13-27-26(33)34-14-21-19-10-6-4-8-17(19)18-9-5-7-11-20(18)21/h4-11,15,21H,12-14H2,1-3H3,(H,27,33)(H,31,32). The van der Waals surface area contributed by atoms with E-state index in [1.165, 1.54) is 11.9 Å². The summed E-state index contributed by atoms with van der Waals surface area (Å²) in [5.74, 6) is -1.56. The number of carboxylic acids is 1. The minimum absolute atomic E-state index is 0.0212. The molecule has 1 unspecified atom stereocenters. The fourth-order valence-corrected chi connectivity index (χ4v) is 5.23. The van der Waals surface area contributed by atoms with E-state index < -0.39 is 12.1 Å². The van der Waals surface area contributed by atoms with Crippen molar-refractivity contribution in [2.75, 3.05) is 25.1 Å². The first kappa shape index (κ1) is 24.4. The Morgan fingerprint density at radius 3 is 2.31 bits per heavy atom. The van der Waals surface area contributed by atoms with Gasteiger partial charge in [0.1, 0.15) is 17.2 Å². The quantitative estimate of drug-likeness (QED) is 0.472. The van der Waals surface area contributed by atoms with Crippen molar-refractivity contribution in [1.29, 1.82) is 0 Å². The molecule has 2 aromatic carbocycles. The smallest absolute Gasteiger partial charge is 0.407 e. The fourth-order valence-electron chi connectivity index (χ4n) is 4.36. The van der Waals surface area contributed by atoms with Gasteiger partial charge < -0.3 is 20.1 Å². The van der Waals surface area contributed by atoms with E-state index in [0.717, 1.165) is 33.8 Å². The lowest BCUT2D eigenvalue weighted by Gasteiger charge is -2.19. The third kappa shape index (κ3) is 5.05. The number of carboxylic acid groups (broad SMARTS) is 1. The van der Waals surface area contributed by atoms with Gasteiger partial charge in [0.15, 0.2) is 0 Å². The first-order valence-electron chi connectivity index (χ1n) is 11.3. The molecule has 1 atom stereocenters. The van der Waals surface area contributed by atoms with E-state index in [0.29, 0.717) is 10.7 Å². The van der Waals surface area contributed by atoms with Crippen LogP contribution in [0.5, 0.6) is 0 Å². The van der Waals surface area contributed by atoms with Crippen molar-refractivity contribution in [3.05, 3.63) is 70.9 Å². The van der Waals surface area contributed by atoms with Crippen LogP contribution in [0.25, 0.3) is 11.1 Å². The minimum Gasteiger partial charge on any atom is -0.478 e. The molecule has 0 saturated carbocycles. The van der Waals surface area contributed by atoms with Gasteiger partial charge in [-0.25, -0.2) is 9.59 Å². The molecule has 1 heterocycles. The number of rotatable bonds is 8. The van der Waals surface area contributed by atoms with E-state index in [-0.39, 0.29) is 42.9 Å². The average Bonchev–Trinajstić information content (AvgIpc) is 3.39. The molecular formula is C26H27N3O5S. The maximum atomic E-state index is 12.7. The van der Waals surface area contributed by atoms with Crippen molar-refractivity contribution in [3.63, 3.8) is 0 Å². The number of fused-ring (bicyclic) bond motifs is 3. The fraction of sp³-hybridized carbons (Fsp3) is 0.308. The molecule has 1 aromatic heterocycles. The summed E-state index contributed by atoms with van der Waals surface area (Å²) in [6.45, 7) is 3.91.